The highest BCUT2D eigenvalue weighted by molar-refractivity contribution is 5.92. The van der Waals surface area contributed by atoms with Gasteiger partial charge in [-0.15, -0.1) is 0 Å². The normalized spacial score (nSPS) is 10.4. The molecule has 1 amide bonds. The Morgan fingerprint density at radius 2 is 1.58 bits per heavy atom. The van der Waals surface area contributed by atoms with Crippen LogP contribution in [0.2, 0.25) is 0 Å². The summed E-state index contributed by atoms with van der Waals surface area (Å²) in [5.41, 5.74) is 2.49. The SMILES string of the molecule is CCN(Cc1ccccc1)C(=O)COc1cccc(CCOc2ccccc2C(=O)OC)c1. The zero-order valence-corrected chi connectivity index (χ0v) is 19.0. The number of amides is 1. The van der Waals surface area contributed by atoms with E-state index in [1.54, 1.807) is 23.1 Å². The first kappa shape index (κ1) is 23.9. The fourth-order valence-corrected chi connectivity index (χ4v) is 3.36. The molecule has 3 rings (SSSR count). The molecule has 0 aliphatic rings. The van der Waals surface area contributed by atoms with E-state index < -0.39 is 5.97 Å². The van der Waals surface area contributed by atoms with E-state index in [1.807, 2.05) is 67.6 Å². The van der Waals surface area contributed by atoms with Crippen molar-refractivity contribution in [1.82, 2.24) is 4.90 Å². The topological polar surface area (TPSA) is 65.1 Å². The number of carbonyl (C=O) groups excluding carboxylic acids is 2. The number of hydrogen-bond donors (Lipinski definition) is 0. The molecule has 0 fully saturated rings. The lowest BCUT2D eigenvalue weighted by molar-refractivity contribution is -0.133. The number of rotatable bonds is 11. The van der Waals surface area contributed by atoms with E-state index in [9.17, 15) is 9.59 Å². The first-order valence-electron chi connectivity index (χ1n) is 10.9. The van der Waals surface area contributed by atoms with Crippen LogP contribution in [-0.4, -0.2) is 43.6 Å². The van der Waals surface area contributed by atoms with Gasteiger partial charge in [-0.2, -0.15) is 0 Å². The number of nitrogens with zero attached hydrogens (tertiary/aromatic N) is 1. The number of methoxy groups -OCH3 is 1. The van der Waals surface area contributed by atoms with Gasteiger partial charge in [0.15, 0.2) is 6.61 Å². The van der Waals surface area contributed by atoms with E-state index in [1.165, 1.54) is 7.11 Å². The predicted octanol–water partition coefficient (Wildman–Crippen LogP) is 4.52. The molecule has 0 heterocycles. The average molecular weight is 448 g/mol. The Bertz CT molecular complexity index is 1050. The lowest BCUT2D eigenvalue weighted by atomic mass is 10.1. The zero-order chi connectivity index (χ0) is 23.5. The molecule has 0 bridgehead atoms. The number of benzene rings is 3. The molecule has 6 nitrogen and oxygen atoms in total. The first-order chi connectivity index (χ1) is 16.1. The van der Waals surface area contributed by atoms with Crippen molar-refractivity contribution in [3.05, 3.63) is 95.6 Å². The quantitative estimate of drug-likeness (QED) is 0.404. The molecule has 0 saturated heterocycles. The van der Waals surface area contributed by atoms with Crippen molar-refractivity contribution in [3.63, 3.8) is 0 Å². The smallest absolute Gasteiger partial charge is 0.341 e. The van der Waals surface area contributed by atoms with Crippen LogP contribution in [0.3, 0.4) is 0 Å². The Morgan fingerprint density at radius 3 is 2.33 bits per heavy atom. The molecule has 0 aromatic heterocycles. The van der Waals surface area contributed by atoms with Gasteiger partial charge in [-0.1, -0.05) is 54.6 Å². The summed E-state index contributed by atoms with van der Waals surface area (Å²) in [5, 5.41) is 0. The minimum atomic E-state index is -0.431. The van der Waals surface area contributed by atoms with Gasteiger partial charge in [0, 0.05) is 19.5 Å². The number of carbonyl (C=O) groups is 2. The minimum absolute atomic E-state index is 0.0207. The predicted molar refractivity (Wildman–Crippen MR) is 126 cm³/mol. The second kappa shape index (κ2) is 12.3. The third-order valence-electron chi connectivity index (χ3n) is 5.15. The molecular weight excluding hydrogens is 418 g/mol. The summed E-state index contributed by atoms with van der Waals surface area (Å²) < 4.78 is 16.4. The lowest BCUT2D eigenvalue weighted by Gasteiger charge is -2.21. The van der Waals surface area contributed by atoms with Gasteiger partial charge in [-0.25, -0.2) is 4.79 Å². The van der Waals surface area contributed by atoms with Gasteiger partial charge < -0.3 is 19.1 Å². The zero-order valence-electron chi connectivity index (χ0n) is 19.0. The Kier molecular flexibility index (Phi) is 8.88. The van der Waals surface area contributed by atoms with Crippen molar-refractivity contribution >= 4 is 11.9 Å². The third-order valence-corrected chi connectivity index (χ3v) is 5.15. The van der Waals surface area contributed by atoms with Crippen LogP contribution in [-0.2, 0) is 22.5 Å². The van der Waals surface area contributed by atoms with Crippen LogP contribution in [0.5, 0.6) is 11.5 Å². The van der Waals surface area contributed by atoms with Crippen LogP contribution < -0.4 is 9.47 Å². The minimum Gasteiger partial charge on any atom is -0.492 e. The van der Waals surface area contributed by atoms with Crippen LogP contribution in [0.4, 0.5) is 0 Å². The van der Waals surface area contributed by atoms with E-state index in [4.69, 9.17) is 14.2 Å². The second-order valence-corrected chi connectivity index (χ2v) is 7.42. The van der Waals surface area contributed by atoms with Crippen LogP contribution in [0.1, 0.15) is 28.4 Å². The van der Waals surface area contributed by atoms with Crippen molar-refractivity contribution in [1.29, 1.82) is 0 Å². The van der Waals surface area contributed by atoms with Crippen molar-refractivity contribution in [2.75, 3.05) is 26.9 Å². The van der Waals surface area contributed by atoms with Crippen molar-refractivity contribution in [2.45, 2.75) is 19.9 Å². The standard InChI is InChI=1S/C27H29NO5/c1-3-28(19-22-10-5-4-6-11-22)26(29)20-33-23-13-9-12-21(18-23)16-17-32-25-15-8-7-14-24(25)27(30)31-2/h4-15,18H,3,16-17,19-20H2,1-2H3. The van der Waals surface area contributed by atoms with Crippen molar-refractivity contribution < 1.29 is 23.8 Å². The Labute approximate surface area is 194 Å². The number of likely N-dealkylation sites (N-methyl/N-ethyl adjacent to an activating group) is 1. The average Bonchev–Trinajstić information content (AvgIpc) is 2.86. The Morgan fingerprint density at radius 1 is 0.848 bits per heavy atom. The molecule has 6 heteroatoms. The number of esters is 1. The molecule has 0 atom stereocenters. The third kappa shape index (κ3) is 7.10. The molecule has 0 radical (unpaired) electrons. The number of ether oxygens (including phenoxy) is 3. The van der Waals surface area contributed by atoms with Crippen LogP contribution in [0.15, 0.2) is 78.9 Å². The second-order valence-electron chi connectivity index (χ2n) is 7.42. The maximum atomic E-state index is 12.6. The Hall–Kier alpha value is -3.80. The molecule has 33 heavy (non-hydrogen) atoms. The summed E-state index contributed by atoms with van der Waals surface area (Å²) >= 11 is 0. The highest BCUT2D eigenvalue weighted by Crippen LogP contribution is 2.20. The fraction of sp³-hybridized carbons (Fsp3) is 0.259. The maximum Gasteiger partial charge on any atom is 0.341 e. The molecule has 3 aromatic carbocycles. The summed E-state index contributed by atoms with van der Waals surface area (Å²) in [6.07, 6.45) is 0.621. The van der Waals surface area contributed by atoms with Crippen molar-refractivity contribution in [2.24, 2.45) is 0 Å². The molecule has 3 aromatic rings. The maximum absolute atomic E-state index is 12.6. The molecular formula is C27H29NO5. The Balaban J connectivity index is 1.51. The number of para-hydroxylation sites is 1. The van der Waals surface area contributed by atoms with E-state index >= 15 is 0 Å². The van der Waals surface area contributed by atoms with Crippen LogP contribution in [0, 0.1) is 0 Å². The van der Waals surface area contributed by atoms with Gasteiger partial charge in [-0.05, 0) is 42.3 Å². The highest BCUT2D eigenvalue weighted by Gasteiger charge is 2.14. The summed E-state index contributed by atoms with van der Waals surface area (Å²) in [5.74, 6) is 0.626. The number of hydrogen-bond acceptors (Lipinski definition) is 5. The van der Waals surface area contributed by atoms with Crippen LogP contribution >= 0.6 is 0 Å². The van der Waals surface area contributed by atoms with Gasteiger partial charge in [0.1, 0.15) is 17.1 Å². The van der Waals surface area contributed by atoms with Gasteiger partial charge in [0.25, 0.3) is 5.91 Å². The summed E-state index contributed by atoms with van der Waals surface area (Å²) in [7, 11) is 1.34. The van der Waals surface area contributed by atoms with E-state index in [0.717, 1.165) is 11.1 Å². The first-order valence-corrected chi connectivity index (χ1v) is 10.9. The molecule has 0 N–H and O–H groups in total. The van der Waals surface area contributed by atoms with Gasteiger partial charge in [0.2, 0.25) is 0 Å². The largest absolute Gasteiger partial charge is 0.492 e. The van der Waals surface area contributed by atoms with Gasteiger partial charge >= 0.3 is 5.97 Å². The molecule has 172 valence electrons. The molecule has 0 saturated carbocycles. The molecule has 0 aliphatic heterocycles. The summed E-state index contributed by atoms with van der Waals surface area (Å²) in [6.45, 7) is 3.50. The van der Waals surface area contributed by atoms with Crippen molar-refractivity contribution in [3.8, 4) is 11.5 Å². The van der Waals surface area contributed by atoms with E-state index in [-0.39, 0.29) is 12.5 Å². The summed E-state index contributed by atoms with van der Waals surface area (Å²) in [4.78, 5) is 26.3. The highest BCUT2D eigenvalue weighted by atomic mass is 16.5. The monoisotopic (exact) mass is 447 g/mol. The van der Waals surface area contributed by atoms with E-state index in [0.29, 0.717) is 43.2 Å². The van der Waals surface area contributed by atoms with Gasteiger partial charge in [-0.3, -0.25) is 4.79 Å². The lowest BCUT2D eigenvalue weighted by Crippen LogP contribution is -2.34. The molecule has 0 aliphatic carbocycles. The molecule has 0 spiro atoms. The van der Waals surface area contributed by atoms with E-state index in [2.05, 4.69) is 0 Å². The van der Waals surface area contributed by atoms with Crippen LogP contribution in [0.25, 0.3) is 0 Å². The molecule has 0 unspecified atom stereocenters. The fourth-order valence-electron chi connectivity index (χ4n) is 3.36. The van der Waals surface area contributed by atoms with Gasteiger partial charge in [0.05, 0.1) is 13.7 Å². The summed E-state index contributed by atoms with van der Waals surface area (Å²) in [6, 6.07) is 24.5.